The monoisotopic (exact) mass is 315 g/mol. The van der Waals surface area contributed by atoms with E-state index in [-0.39, 0.29) is 5.97 Å². The highest BCUT2D eigenvalue weighted by Gasteiger charge is 2.51. The molecule has 2 fully saturated rings. The molecule has 2 aliphatic carbocycles. The first-order chi connectivity index (χ1) is 10.2. The standard InChI is InChI=1S/C16H29NO3S/c1-3-20-15(18)16(17-14-6-7-14)9-4-5-13(16)8-11-21-12-10-19-2/h13-14,17H,3-12H2,1-2H3. The molecular formula is C16H29NO3S. The van der Waals surface area contributed by atoms with E-state index in [9.17, 15) is 4.79 Å². The molecule has 0 radical (unpaired) electrons. The molecule has 122 valence electrons. The van der Waals surface area contributed by atoms with E-state index >= 15 is 0 Å². The van der Waals surface area contributed by atoms with Crippen molar-refractivity contribution < 1.29 is 14.3 Å². The number of rotatable bonds is 10. The molecule has 2 aliphatic rings. The second-order valence-corrected chi connectivity index (χ2v) is 7.32. The zero-order chi connectivity index (χ0) is 15.1. The zero-order valence-electron chi connectivity index (χ0n) is 13.4. The number of hydrogen-bond donors (Lipinski definition) is 1. The number of nitrogens with one attached hydrogen (secondary N) is 1. The first-order valence-corrected chi connectivity index (χ1v) is 9.40. The molecule has 4 nitrogen and oxygen atoms in total. The summed E-state index contributed by atoms with van der Waals surface area (Å²) in [6.07, 6.45) is 6.71. The van der Waals surface area contributed by atoms with Gasteiger partial charge in [-0.3, -0.25) is 10.1 Å². The van der Waals surface area contributed by atoms with Crippen LogP contribution in [0.4, 0.5) is 0 Å². The summed E-state index contributed by atoms with van der Waals surface area (Å²) in [5, 5.41) is 3.64. The van der Waals surface area contributed by atoms with Crippen LogP contribution in [0.3, 0.4) is 0 Å². The van der Waals surface area contributed by atoms with Crippen molar-refractivity contribution in [2.45, 2.75) is 57.0 Å². The number of hydrogen-bond acceptors (Lipinski definition) is 5. The van der Waals surface area contributed by atoms with Gasteiger partial charge in [0.1, 0.15) is 5.54 Å². The lowest BCUT2D eigenvalue weighted by molar-refractivity contribution is -0.153. The minimum Gasteiger partial charge on any atom is -0.465 e. The Kier molecular flexibility index (Phi) is 6.83. The van der Waals surface area contributed by atoms with E-state index in [1.165, 1.54) is 12.8 Å². The molecule has 0 aliphatic heterocycles. The maximum absolute atomic E-state index is 12.6. The lowest BCUT2D eigenvalue weighted by Gasteiger charge is -2.34. The van der Waals surface area contributed by atoms with Gasteiger partial charge in [0.25, 0.3) is 0 Å². The van der Waals surface area contributed by atoms with Gasteiger partial charge in [0, 0.05) is 18.9 Å². The van der Waals surface area contributed by atoms with Gasteiger partial charge >= 0.3 is 5.97 Å². The quantitative estimate of drug-likeness (QED) is 0.496. The second-order valence-electron chi connectivity index (χ2n) is 6.09. The Morgan fingerprint density at radius 1 is 1.33 bits per heavy atom. The van der Waals surface area contributed by atoms with Crippen molar-refractivity contribution in [2.75, 3.05) is 31.8 Å². The Hall–Kier alpha value is -0.260. The van der Waals surface area contributed by atoms with Gasteiger partial charge in [0.05, 0.1) is 13.2 Å². The summed E-state index contributed by atoms with van der Waals surface area (Å²) in [5.41, 5.74) is -0.404. The highest BCUT2D eigenvalue weighted by molar-refractivity contribution is 7.99. The number of methoxy groups -OCH3 is 1. The van der Waals surface area contributed by atoms with Crippen LogP contribution in [0.1, 0.15) is 45.4 Å². The summed E-state index contributed by atoms with van der Waals surface area (Å²) in [4.78, 5) is 12.6. The summed E-state index contributed by atoms with van der Waals surface area (Å²) in [5.74, 6) is 2.54. The smallest absolute Gasteiger partial charge is 0.326 e. The number of esters is 1. The second kappa shape index (κ2) is 8.39. The molecule has 1 N–H and O–H groups in total. The van der Waals surface area contributed by atoms with Crippen LogP contribution in [0.2, 0.25) is 0 Å². The number of ether oxygens (including phenoxy) is 2. The Morgan fingerprint density at radius 2 is 2.14 bits per heavy atom. The molecule has 0 aromatic heterocycles. The van der Waals surface area contributed by atoms with Gasteiger partial charge in [0.15, 0.2) is 0 Å². The largest absolute Gasteiger partial charge is 0.465 e. The average molecular weight is 315 g/mol. The van der Waals surface area contributed by atoms with E-state index in [1.807, 2.05) is 18.7 Å². The highest BCUT2D eigenvalue weighted by atomic mass is 32.2. The van der Waals surface area contributed by atoms with E-state index < -0.39 is 5.54 Å². The Morgan fingerprint density at radius 3 is 2.81 bits per heavy atom. The lowest BCUT2D eigenvalue weighted by atomic mass is 9.84. The normalized spacial score (nSPS) is 28.8. The molecule has 5 heteroatoms. The summed E-state index contributed by atoms with van der Waals surface area (Å²) in [6, 6.07) is 0.538. The van der Waals surface area contributed by atoms with E-state index in [1.54, 1.807) is 7.11 Å². The molecule has 0 saturated heterocycles. The zero-order valence-corrected chi connectivity index (χ0v) is 14.2. The third-order valence-electron chi connectivity index (χ3n) is 4.54. The molecule has 0 spiro atoms. The van der Waals surface area contributed by atoms with Crippen molar-refractivity contribution in [1.29, 1.82) is 0 Å². The van der Waals surface area contributed by atoms with Crippen LogP contribution in [-0.2, 0) is 14.3 Å². The van der Waals surface area contributed by atoms with Crippen molar-refractivity contribution in [3.63, 3.8) is 0 Å². The molecule has 0 bridgehead atoms. The molecule has 2 saturated carbocycles. The molecule has 0 aromatic rings. The third-order valence-corrected chi connectivity index (χ3v) is 5.52. The van der Waals surface area contributed by atoms with Gasteiger partial charge in [0.2, 0.25) is 0 Å². The van der Waals surface area contributed by atoms with Crippen LogP contribution in [0.5, 0.6) is 0 Å². The van der Waals surface area contributed by atoms with Gasteiger partial charge in [-0.25, -0.2) is 0 Å². The van der Waals surface area contributed by atoms with E-state index in [0.717, 1.165) is 43.8 Å². The maximum atomic E-state index is 12.6. The van der Waals surface area contributed by atoms with E-state index in [0.29, 0.717) is 18.6 Å². The summed E-state index contributed by atoms with van der Waals surface area (Å²) in [7, 11) is 1.74. The fraction of sp³-hybridized carbons (Fsp3) is 0.938. The molecule has 2 unspecified atom stereocenters. The molecule has 0 aromatic carbocycles. The average Bonchev–Trinajstić information content (AvgIpc) is 3.19. The van der Waals surface area contributed by atoms with Crippen LogP contribution < -0.4 is 5.32 Å². The predicted octanol–water partition coefficient (Wildman–Crippen LogP) is 2.61. The molecule has 2 atom stereocenters. The molecular weight excluding hydrogens is 286 g/mol. The predicted molar refractivity (Wildman–Crippen MR) is 86.7 cm³/mol. The van der Waals surface area contributed by atoms with Crippen molar-refractivity contribution in [3.05, 3.63) is 0 Å². The van der Waals surface area contributed by atoms with E-state index in [2.05, 4.69) is 5.32 Å². The summed E-state index contributed by atoms with van der Waals surface area (Å²) >= 11 is 1.92. The third kappa shape index (κ3) is 4.60. The minimum atomic E-state index is -0.404. The van der Waals surface area contributed by atoms with Gasteiger partial charge in [-0.2, -0.15) is 11.8 Å². The number of carbonyl (C=O) groups excluding carboxylic acids is 1. The Balaban J connectivity index is 1.90. The van der Waals surface area contributed by atoms with Crippen molar-refractivity contribution >= 4 is 17.7 Å². The Bertz CT molecular complexity index is 335. The molecule has 2 rings (SSSR count). The molecule has 0 heterocycles. The maximum Gasteiger partial charge on any atom is 0.326 e. The van der Waals surface area contributed by atoms with Crippen molar-refractivity contribution in [1.82, 2.24) is 5.32 Å². The molecule has 21 heavy (non-hydrogen) atoms. The van der Waals surface area contributed by atoms with Gasteiger partial charge < -0.3 is 9.47 Å². The summed E-state index contributed by atoms with van der Waals surface area (Å²) < 4.78 is 10.5. The first-order valence-electron chi connectivity index (χ1n) is 8.24. The van der Waals surface area contributed by atoms with Crippen LogP contribution in [0, 0.1) is 5.92 Å². The minimum absolute atomic E-state index is 0.0127. The summed E-state index contributed by atoms with van der Waals surface area (Å²) in [6.45, 7) is 3.17. The van der Waals surface area contributed by atoms with Crippen LogP contribution in [-0.4, -0.2) is 49.4 Å². The van der Waals surface area contributed by atoms with Gasteiger partial charge in [-0.15, -0.1) is 0 Å². The topological polar surface area (TPSA) is 47.6 Å². The van der Waals surface area contributed by atoms with Gasteiger partial charge in [-0.1, -0.05) is 6.42 Å². The van der Waals surface area contributed by atoms with Crippen LogP contribution in [0.15, 0.2) is 0 Å². The first kappa shape index (κ1) is 17.1. The van der Waals surface area contributed by atoms with Crippen LogP contribution >= 0.6 is 11.8 Å². The SMILES string of the molecule is CCOC(=O)C1(NC2CC2)CCCC1CCSCCOC. The number of carbonyl (C=O) groups is 1. The number of thioether (sulfide) groups is 1. The van der Waals surface area contributed by atoms with Crippen molar-refractivity contribution in [3.8, 4) is 0 Å². The van der Waals surface area contributed by atoms with E-state index in [4.69, 9.17) is 9.47 Å². The lowest BCUT2D eigenvalue weighted by Crippen LogP contribution is -2.56. The fourth-order valence-electron chi connectivity index (χ4n) is 3.31. The molecule has 0 amide bonds. The highest BCUT2D eigenvalue weighted by Crippen LogP contribution is 2.41. The van der Waals surface area contributed by atoms with Crippen molar-refractivity contribution in [2.24, 2.45) is 5.92 Å². The fourth-order valence-corrected chi connectivity index (χ4v) is 4.25. The van der Waals surface area contributed by atoms with Gasteiger partial charge in [-0.05, 0) is 50.7 Å². The van der Waals surface area contributed by atoms with Crippen LogP contribution in [0.25, 0.3) is 0 Å². The Labute approximate surface area is 132 Å².